The minimum Gasteiger partial charge on any atom is -0.312 e. The molecule has 1 saturated heterocycles. The van der Waals surface area contributed by atoms with Gasteiger partial charge in [0.15, 0.2) is 5.78 Å². The fraction of sp³-hybridized carbons (Fsp3) is 0.500. The Labute approximate surface area is 106 Å². The van der Waals surface area contributed by atoms with Gasteiger partial charge in [-0.15, -0.1) is 0 Å². The third-order valence-electron chi connectivity index (χ3n) is 2.35. The number of halogens is 1. The molecule has 0 saturated carbocycles. The Morgan fingerprint density at radius 2 is 2.47 bits per heavy atom. The third-order valence-corrected chi connectivity index (χ3v) is 5.18. The van der Waals surface area contributed by atoms with E-state index in [1.165, 1.54) is 0 Å². The van der Waals surface area contributed by atoms with Crippen LogP contribution in [0.5, 0.6) is 0 Å². The van der Waals surface area contributed by atoms with E-state index in [1.807, 2.05) is 22.5 Å². The second-order valence-electron chi connectivity index (χ2n) is 3.49. The van der Waals surface area contributed by atoms with E-state index in [1.54, 1.807) is 11.3 Å². The molecule has 0 amide bonds. The second kappa shape index (κ2) is 5.48. The number of carbonyl (C=O) groups excluding carboxylic acids is 1. The van der Waals surface area contributed by atoms with Crippen LogP contribution in [0.15, 0.2) is 15.2 Å². The Bertz CT molecular complexity index is 347. The lowest BCUT2D eigenvalue weighted by atomic mass is 10.1. The van der Waals surface area contributed by atoms with Crippen molar-refractivity contribution < 1.29 is 4.79 Å². The number of thioether (sulfide) groups is 1. The van der Waals surface area contributed by atoms with Gasteiger partial charge in [0.25, 0.3) is 0 Å². The second-order valence-corrected chi connectivity index (χ2v) is 6.23. The lowest BCUT2D eigenvalue weighted by Gasteiger charge is -2.22. The van der Waals surface area contributed by atoms with E-state index in [4.69, 9.17) is 0 Å². The van der Waals surface area contributed by atoms with E-state index < -0.39 is 0 Å². The monoisotopic (exact) mass is 305 g/mol. The zero-order chi connectivity index (χ0) is 10.7. The molecule has 0 aliphatic carbocycles. The summed E-state index contributed by atoms with van der Waals surface area (Å²) in [5.41, 5.74) is 0.831. The number of thiophene rings is 1. The number of rotatable bonds is 3. The summed E-state index contributed by atoms with van der Waals surface area (Å²) in [7, 11) is 0. The predicted molar refractivity (Wildman–Crippen MR) is 70.1 cm³/mol. The molecular formula is C10H12BrNOS2. The molecular weight excluding hydrogens is 294 g/mol. The van der Waals surface area contributed by atoms with Crippen molar-refractivity contribution in [2.45, 2.75) is 12.5 Å². The maximum absolute atomic E-state index is 11.9. The first-order valence-corrected chi connectivity index (χ1v) is 7.72. The van der Waals surface area contributed by atoms with Gasteiger partial charge in [0.1, 0.15) is 0 Å². The summed E-state index contributed by atoms with van der Waals surface area (Å²) in [6.07, 6.45) is 0.613. The number of hydrogen-bond acceptors (Lipinski definition) is 4. The van der Waals surface area contributed by atoms with Crippen molar-refractivity contribution in [2.75, 3.05) is 18.1 Å². The molecule has 2 heterocycles. The Hall–Kier alpha value is 0.160. The quantitative estimate of drug-likeness (QED) is 0.871. The Balaban J connectivity index is 1.94. The Morgan fingerprint density at radius 1 is 1.60 bits per heavy atom. The molecule has 1 aliphatic heterocycles. The molecule has 2 nitrogen and oxygen atoms in total. The minimum atomic E-state index is 0.239. The summed E-state index contributed by atoms with van der Waals surface area (Å²) in [4.78, 5) is 11.9. The van der Waals surface area contributed by atoms with Crippen LogP contribution in [-0.2, 0) is 0 Å². The van der Waals surface area contributed by atoms with Crippen molar-refractivity contribution >= 4 is 44.8 Å². The van der Waals surface area contributed by atoms with Gasteiger partial charge in [-0.05, 0) is 15.9 Å². The van der Waals surface area contributed by atoms with Crippen LogP contribution in [0, 0.1) is 0 Å². The molecule has 1 aliphatic rings. The highest BCUT2D eigenvalue weighted by molar-refractivity contribution is 9.10. The largest absolute Gasteiger partial charge is 0.312 e. The zero-order valence-electron chi connectivity index (χ0n) is 8.16. The summed E-state index contributed by atoms with van der Waals surface area (Å²) in [6.45, 7) is 1.02. The third kappa shape index (κ3) is 3.06. The molecule has 2 rings (SSSR count). The van der Waals surface area contributed by atoms with Crippen molar-refractivity contribution in [3.8, 4) is 0 Å². The summed E-state index contributed by atoms with van der Waals surface area (Å²) in [5.74, 6) is 2.45. The van der Waals surface area contributed by atoms with Crippen LogP contribution >= 0.6 is 39.0 Å². The fourth-order valence-electron chi connectivity index (χ4n) is 1.57. The predicted octanol–water partition coefficient (Wildman–Crippen LogP) is 2.79. The van der Waals surface area contributed by atoms with Crippen molar-refractivity contribution in [3.63, 3.8) is 0 Å². The summed E-state index contributed by atoms with van der Waals surface area (Å²) in [6, 6.07) is 0.350. The molecule has 0 radical (unpaired) electrons. The van der Waals surface area contributed by atoms with Gasteiger partial charge in [-0.2, -0.15) is 23.1 Å². The van der Waals surface area contributed by atoms with E-state index in [0.717, 1.165) is 28.1 Å². The van der Waals surface area contributed by atoms with Crippen molar-refractivity contribution in [3.05, 3.63) is 20.8 Å². The molecule has 0 spiro atoms. The van der Waals surface area contributed by atoms with Crippen LogP contribution in [-0.4, -0.2) is 29.9 Å². The highest BCUT2D eigenvalue weighted by Gasteiger charge is 2.19. The topological polar surface area (TPSA) is 29.1 Å². The van der Waals surface area contributed by atoms with Crippen molar-refractivity contribution in [2.24, 2.45) is 0 Å². The molecule has 5 heteroatoms. The van der Waals surface area contributed by atoms with Crippen LogP contribution in [0.4, 0.5) is 0 Å². The number of ketones is 1. The molecule has 0 bridgehead atoms. The smallest absolute Gasteiger partial charge is 0.166 e. The molecule has 1 fully saturated rings. The van der Waals surface area contributed by atoms with Crippen LogP contribution in [0.3, 0.4) is 0 Å². The van der Waals surface area contributed by atoms with Crippen LogP contribution in [0.1, 0.15) is 16.8 Å². The number of Topliss-reactive ketones (excluding diaryl/α,β-unsaturated/α-hetero) is 1. The first kappa shape index (κ1) is 11.6. The highest BCUT2D eigenvalue weighted by atomic mass is 79.9. The molecule has 1 unspecified atom stereocenters. The Morgan fingerprint density at radius 3 is 3.07 bits per heavy atom. The number of nitrogens with one attached hydrogen (secondary N) is 1. The molecule has 0 aromatic carbocycles. The van der Waals surface area contributed by atoms with E-state index in [-0.39, 0.29) is 5.78 Å². The van der Waals surface area contributed by atoms with Crippen LogP contribution in [0.2, 0.25) is 0 Å². The lowest BCUT2D eigenvalue weighted by Crippen LogP contribution is -2.38. The molecule has 82 valence electrons. The average Bonchev–Trinajstić information content (AvgIpc) is 2.66. The molecule has 1 aromatic heterocycles. The van der Waals surface area contributed by atoms with Gasteiger partial charge in [-0.3, -0.25) is 4.79 Å². The van der Waals surface area contributed by atoms with Crippen LogP contribution < -0.4 is 5.32 Å². The van der Waals surface area contributed by atoms with Crippen molar-refractivity contribution in [1.82, 2.24) is 5.32 Å². The van der Waals surface area contributed by atoms with Gasteiger partial charge in [0.05, 0.1) is 0 Å². The number of carbonyl (C=O) groups is 1. The van der Waals surface area contributed by atoms with E-state index in [2.05, 4.69) is 21.2 Å². The van der Waals surface area contributed by atoms with Gasteiger partial charge in [-0.25, -0.2) is 0 Å². The lowest BCUT2D eigenvalue weighted by molar-refractivity contribution is 0.0972. The van der Waals surface area contributed by atoms with Gasteiger partial charge in [0, 0.05) is 51.3 Å². The zero-order valence-corrected chi connectivity index (χ0v) is 11.4. The fourth-order valence-corrected chi connectivity index (χ4v) is 4.03. The maximum atomic E-state index is 11.9. The normalized spacial score (nSPS) is 21.5. The molecule has 15 heavy (non-hydrogen) atoms. The maximum Gasteiger partial charge on any atom is 0.166 e. The number of hydrogen-bond donors (Lipinski definition) is 1. The van der Waals surface area contributed by atoms with Gasteiger partial charge in [0.2, 0.25) is 0 Å². The summed E-state index contributed by atoms with van der Waals surface area (Å²) >= 11 is 6.88. The van der Waals surface area contributed by atoms with Crippen LogP contribution in [0.25, 0.3) is 0 Å². The molecule has 1 aromatic rings. The summed E-state index contributed by atoms with van der Waals surface area (Å²) < 4.78 is 0.931. The van der Waals surface area contributed by atoms with E-state index in [9.17, 15) is 4.79 Å². The van der Waals surface area contributed by atoms with Gasteiger partial charge >= 0.3 is 0 Å². The van der Waals surface area contributed by atoms with Crippen molar-refractivity contribution in [1.29, 1.82) is 0 Å². The highest BCUT2D eigenvalue weighted by Crippen LogP contribution is 2.23. The average molecular weight is 306 g/mol. The molecule has 1 atom stereocenters. The van der Waals surface area contributed by atoms with E-state index >= 15 is 0 Å². The van der Waals surface area contributed by atoms with E-state index in [0.29, 0.717) is 12.5 Å². The molecule has 1 N–H and O–H groups in total. The summed E-state index contributed by atoms with van der Waals surface area (Å²) in [5, 5.41) is 7.25. The van der Waals surface area contributed by atoms with Gasteiger partial charge < -0.3 is 5.32 Å². The minimum absolute atomic E-state index is 0.239. The standard InChI is InChI=1S/C10H12BrNOS2/c11-9-6-15-5-8(9)10(13)3-7-4-14-2-1-12-7/h5-7,12H,1-4H2. The van der Waals surface area contributed by atoms with Gasteiger partial charge in [-0.1, -0.05) is 0 Å². The Kier molecular flexibility index (Phi) is 4.25. The SMILES string of the molecule is O=C(CC1CSCCN1)c1cscc1Br. The first-order valence-electron chi connectivity index (χ1n) is 4.83. The first-order chi connectivity index (χ1) is 7.27.